The van der Waals surface area contributed by atoms with E-state index in [0.29, 0.717) is 12.5 Å². The van der Waals surface area contributed by atoms with Gasteiger partial charge >= 0.3 is 0 Å². The van der Waals surface area contributed by atoms with Crippen molar-refractivity contribution in [1.29, 1.82) is 0 Å². The average molecular weight is 294 g/mol. The molecule has 0 radical (unpaired) electrons. The molecule has 1 rings (SSSR count). The largest absolute Gasteiger partial charge is 0.302 e. The Morgan fingerprint density at radius 3 is 2.30 bits per heavy atom. The van der Waals surface area contributed by atoms with Gasteiger partial charge in [-0.25, -0.2) is 0 Å². The van der Waals surface area contributed by atoms with Crippen molar-refractivity contribution in [2.24, 2.45) is 11.3 Å². The van der Waals surface area contributed by atoms with E-state index in [-0.39, 0.29) is 29.8 Å². The minimum atomic E-state index is -1.15. The first-order valence-corrected chi connectivity index (χ1v) is 7.19. The van der Waals surface area contributed by atoms with E-state index < -0.39 is 5.41 Å². The van der Waals surface area contributed by atoms with Gasteiger partial charge in [-0.05, 0) is 37.4 Å². The molecule has 4 nitrogen and oxygen atoms in total. The quantitative estimate of drug-likeness (QED) is 0.446. The number of allylic oxidation sites excluding steroid dienone is 2. The van der Waals surface area contributed by atoms with Gasteiger partial charge in [0.2, 0.25) is 11.8 Å². The Morgan fingerprint density at radius 2 is 1.85 bits per heavy atom. The first-order chi connectivity index (χ1) is 9.39. The first-order valence-electron chi connectivity index (χ1n) is 6.78. The summed E-state index contributed by atoms with van der Waals surface area (Å²) in [6.07, 6.45) is 4.58. The van der Waals surface area contributed by atoms with Crippen LogP contribution in [0.4, 0.5) is 0 Å². The van der Waals surface area contributed by atoms with Gasteiger partial charge in [0.05, 0.1) is 0 Å². The fraction of sp³-hybridized carbons (Fsp3) is 0.533. The van der Waals surface area contributed by atoms with E-state index in [1.54, 1.807) is 12.2 Å². The van der Waals surface area contributed by atoms with Crippen LogP contribution >= 0.6 is 12.2 Å². The van der Waals surface area contributed by atoms with Crippen LogP contribution in [0.5, 0.6) is 0 Å². The molecule has 0 aromatic carbocycles. The number of hydrogen-bond acceptors (Lipinski definition) is 3. The normalized spacial score (nSPS) is 18.1. The van der Waals surface area contributed by atoms with Crippen molar-refractivity contribution in [3.63, 3.8) is 0 Å². The molecule has 0 aromatic heterocycles. The maximum atomic E-state index is 12.7. The Hall–Kier alpha value is -1.49. The molecular weight excluding hydrogens is 272 g/mol. The van der Waals surface area contributed by atoms with E-state index in [0.717, 1.165) is 6.42 Å². The topological polar surface area (TPSA) is 49.4 Å². The van der Waals surface area contributed by atoms with E-state index in [9.17, 15) is 9.59 Å². The average Bonchev–Trinajstić information content (AvgIpc) is 2.36. The van der Waals surface area contributed by atoms with Crippen LogP contribution in [0.15, 0.2) is 25.3 Å². The van der Waals surface area contributed by atoms with Crippen LogP contribution in [-0.2, 0) is 9.59 Å². The van der Waals surface area contributed by atoms with Gasteiger partial charge in [-0.1, -0.05) is 26.0 Å². The number of carbonyl (C=O) groups excluding carboxylic acids is 2. The Kier molecular flexibility index (Phi) is 5.62. The van der Waals surface area contributed by atoms with Gasteiger partial charge in [-0.2, -0.15) is 0 Å². The molecule has 0 unspecified atom stereocenters. The molecule has 1 saturated heterocycles. The van der Waals surface area contributed by atoms with Crippen LogP contribution < -0.4 is 5.32 Å². The monoisotopic (exact) mass is 294 g/mol. The highest BCUT2D eigenvalue weighted by Gasteiger charge is 2.50. The third-order valence-corrected chi connectivity index (χ3v) is 3.79. The number of nitrogens with one attached hydrogen (secondary N) is 1. The smallest absolute Gasteiger partial charge is 0.245 e. The maximum Gasteiger partial charge on any atom is 0.245 e. The van der Waals surface area contributed by atoms with Crippen molar-refractivity contribution in [1.82, 2.24) is 10.2 Å². The minimum Gasteiger partial charge on any atom is -0.302 e. The van der Waals surface area contributed by atoms with Crippen LogP contribution in [-0.4, -0.2) is 28.4 Å². The van der Waals surface area contributed by atoms with Crippen molar-refractivity contribution in [3.8, 4) is 0 Å². The third-order valence-electron chi connectivity index (χ3n) is 3.47. The summed E-state index contributed by atoms with van der Waals surface area (Å²) in [5.74, 6) is -0.142. The molecule has 20 heavy (non-hydrogen) atoms. The van der Waals surface area contributed by atoms with Gasteiger partial charge in [0.15, 0.2) is 5.11 Å². The molecule has 1 heterocycles. The summed E-state index contributed by atoms with van der Waals surface area (Å²) in [6, 6.07) is 0. The summed E-state index contributed by atoms with van der Waals surface area (Å²) in [4.78, 5) is 26.5. The number of hydrogen-bond donors (Lipinski definition) is 1. The maximum absolute atomic E-state index is 12.7. The molecule has 1 aliphatic heterocycles. The van der Waals surface area contributed by atoms with Crippen molar-refractivity contribution in [2.75, 3.05) is 6.54 Å². The SMILES string of the molecule is C=CCC1(CC=C)C(=O)NC(=S)N(CCC(C)C)C1=O. The lowest BCUT2D eigenvalue weighted by atomic mass is 9.77. The Morgan fingerprint density at radius 1 is 1.30 bits per heavy atom. The van der Waals surface area contributed by atoms with Gasteiger partial charge in [0.1, 0.15) is 5.41 Å². The highest BCUT2D eigenvalue weighted by Crippen LogP contribution is 2.33. The van der Waals surface area contributed by atoms with Crippen LogP contribution in [0, 0.1) is 11.3 Å². The van der Waals surface area contributed by atoms with E-state index in [1.165, 1.54) is 4.90 Å². The molecule has 1 fully saturated rings. The fourth-order valence-electron chi connectivity index (χ4n) is 2.26. The molecule has 110 valence electrons. The zero-order valence-electron chi connectivity index (χ0n) is 12.1. The zero-order chi connectivity index (χ0) is 15.3. The molecule has 5 heteroatoms. The number of amides is 2. The second kappa shape index (κ2) is 6.79. The van der Waals surface area contributed by atoms with Crippen molar-refractivity contribution in [2.45, 2.75) is 33.1 Å². The Labute approximate surface area is 125 Å². The zero-order valence-corrected chi connectivity index (χ0v) is 13.0. The number of carbonyl (C=O) groups is 2. The summed E-state index contributed by atoms with van der Waals surface area (Å²) in [7, 11) is 0. The van der Waals surface area contributed by atoms with Gasteiger partial charge in [-0.15, -0.1) is 13.2 Å². The predicted molar refractivity (Wildman–Crippen MR) is 84.0 cm³/mol. The molecule has 2 amide bonds. The lowest BCUT2D eigenvalue weighted by Crippen LogP contribution is -2.63. The Balaban J connectivity index is 3.07. The van der Waals surface area contributed by atoms with Gasteiger partial charge in [0.25, 0.3) is 0 Å². The molecule has 0 aromatic rings. The standard InChI is InChI=1S/C15H22N2O2S/c1-5-8-15(9-6-2)12(18)16-14(20)17(13(15)19)10-7-11(3)4/h5-6,11H,1-2,7-10H2,3-4H3,(H,16,18,20). The first kappa shape index (κ1) is 16.6. The second-order valence-electron chi connectivity index (χ2n) is 5.47. The van der Waals surface area contributed by atoms with E-state index in [2.05, 4.69) is 32.3 Å². The molecule has 0 spiro atoms. The van der Waals surface area contributed by atoms with Gasteiger partial charge in [0, 0.05) is 6.54 Å². The number of nitrogens with zero attached hydrogens (tertiary/aromatic N) is 1. The van der Waals surface area contributed by atoms with Gasteiger partial charge < -0.3 is 5.32 Å². The van der Waals surface area contributed by atoms with Crippen LogP contribution in [0.2, 0.25) is 0 Å². The molecule has 1 aliphatic rings. The van der Waals surface area contributed by atoms with Crippen molar-refractivity contribution >= 4 is 29.1 Å². The molecular formula is C15H22N2O2S. The Bertz CT molecular complexity index is 433. The second-order valence-corrected chi connectivity index (χ2v) is 5.85. The van der Waals surface area contributed by atoms with E-state index in [4.69, 9.17) is 12.2 Å². The van der Waals surface area contributed by atoms with Crippen LogP contribution in [0.3, 0.4) is 0 Å². The summed E-state index contributed by atoms with van der Waals surface area (Å²) in [5.41, 5.74) is -1.15. The highest BCUT2D eigenvalue weighted by molar-refractivity contribution is 7.80. The van der Waals surface area contributed by atoms with Crippen LogP contribution in [0.25, 0.3) is 0 Å². The molecule has 0 bridgehead atoms. The van der Waals surface area contributed by atoms with Crippen LogP contribution in [0.1, 0.15) is 33.1 Å². The predicted octanol–water partition coefficient (Wildman–Crippen LogP) is 2.41. The van der Waals surface area contributed by atoms with E-state index >= 15 is 0 Å². The summed E-state index contributed by atoms with van der Waals surface area (Å²) in [6.45, 7) is 12.0. The molecule has 0 saturated carbocycles. The minimum absolute atomic E-state index is 0.199. The lowest BCUT2D eigenvalue weighted by Gasteiger charge is -2.40. The third kappa shape index (κ3) is 3.15. The molecule has 1 N–H and O–H groups in total. The lowest BCUT2D eigenvalue weighted by molar-refractivity contribution is -0.149. The number of thiocarbonyl (C=S) groups is 1. The summed E-state index contributed by atoms with van der Waals surface area (Å²) in [5, 5.41) is 2.84. The van der Waals surface area contributed by atoms with E-state index in [1.807, 2.05) is 0 Å². The fourth-order valence-corrected chi connectivity index (χ4v) is 2.53. The molecule has 0 aliphatic carbocycles. The van der Waals surface area contributed by atoms with Crippen molar-refractivity contribution < 1.29 is 9.59 Å². The van der Waals surface area contributed by atoms with Gasteiger partial charge in [-0.3, -0.25) is 14.5 Å². The highest BCUT2D eigenvalue weighted by atomic mass is 32.1. The summed E-state index contributed by atoms with van der Waals surface area (Å²) >= 11 is 5.13. The number of rotatable bonds is 7. The summed E-state index contributed by atoms with van der Waals surface area (Å²) < 4.78 is 0. The molecule has 0 atom stereocenters. The van der Waals surface area contributed by atoms with Crippen molar-refractivity contribution in [3.05, 3.63) is 25.3 Å².